The number of nitrogens with zero attached hydrogens (tertiary/aromatic N) is 4. The van der Waals surface area contributed by atoms with Gasteiger partial charge in [-0.1, -0.05) is 80.6 Å². The molecule has 2 aliphatic rings. The van der Waals surface area contributed by atoms with Crippen LogP contribution in [0.4, 0.5) is 0 Å². The number of hydrogen-bond acceptors (Lipinski definition) is 19. The molecule has 0 spiro atoms. The largest absolute Gasteiger partial charge is 0.481 e. The maximum atomic E-state index is 14.4. The van der Waals surface area contributed by atoms with Crippen LogP contribution in [-0.4, -0.2) is 262 Å². The first kappa shape index (κ1) is 85.6. The van der Waals surface area contributed by atoms with Crippen molar-refractivity contribution in [1.82, 2.24) is 62.1 Å². The number of benzene rings is 3. The summed E-state index contributed by atoms with van der Waals surface area (Å²) < 4.78 is 0. The van der Waals surface area contributed by atoms with Gasteiger partial charge in [0.05, 0.1) is 38.5 Å². The van der Waals surface area contributed by atoms with Gasteiger partial charge in [0.15, 0.2) is 0 Å². The third-order valence-electron chi connectivity index (χ3n) is 18.7. The number of hydrogen-bond donors (Lipinski definition) is 15. The predicted molar refractivity (Wildman–Crippen MR) is 381 cm³/mol. The smallest absolute Gasteiger partial charge is 0.320 e. The molecule has 17 N–H and O–H groups in total. The van der Waals surface area contributed by atoms with Gasteiger partial charge in [-0.25, -0.2) is 4.79 Å². The molecule has 574 valence electrons. The van der Waals surface area contributed by atoms with Crippen molar-refractivity contribution in [1.29, 1.82) is 0 Å². The average Bonchev–Trinajstić information content (AvgIpc) is 0.844. The summed E-state index contributed by atoms with van der Waals surface area (Å²) in [5.41, 5.74) is 6.06. The topological polar surface area (TPSA) is 480 Å². The molecule has 1 aliphatic carbocycles. The number of carbonyl (C=O) groups excluding carboxylic acids is 7. The zero-order valence-electron chi connectivity index (χ0n) is 60.0. The summed E-state index contributed by atoms with van der Waals surface area (Å²) in [6, 6.07) is 15.5. The molecule has 0 aromatic heterocycles. The highest BCUT2D eigenvalue weighted by molar-refractivity contribution is 5.93. The van der Waals surface area contributed by atoms with E-state index >= 15 is 0 Å². The molecule has 32 heteroatoms. The Kier molecular flexibility index (Phi) is 37.2. The van der Waals surface area contributed by atoms with Crippen molar-refractivity contribution in [2.75, 3.05) is 105 Å². The standard InChI is InChI=1S/C72H107N13O19/c1-46(2)36-48-14-19-51(20-15-48)47(3)66(96)80-59(39-60(73)86)70(100)75-26-8-6-12-55(79-61(87)41-82-28-30-83(42-63(90)91)32-34-85(44-65(94)95)35-33-84(31-29-82)43-64(92)93)68(98)76-40-49-16-22-53(23-17-49)67(97)81-58(38-50-18-21-52-10-4-5-11-54(52)37-50)69(99)74-27-9-7-13-56(71(101)102)77-45-78-57(72(103)104)24-25-62(88)89/h4-5,10-11,14-15,18-21,37,46-47,49,53,55-59,77-78H,6-9,12-13,16-17,22-36,38-45H2,1-3H3,(H2,73,86)(H,74,99)(H,75,100)(H,76,98)(H,79,87)(H,80,96)(H,81,97)(H,88,89)(H,90,91)(H,92,93)(H,94,95)(H,101,102)(H,103,104)/p+1. The van der Waals surface area contributed by atoms with E-state index in [9.17, 15) is 87.9 Å². The van der Waals surface area contributed by atoms with Crippen molar-refractivity contribution in [2.45, 2.75) is 153 Å². The van der Waals surface area contributed by atoms with Crippen LogP contribution in [0.2, 0.25) is 0 Å². The number of fused-ring (bicyclic) bond motifs is 1. The number of nitrogens with one attached hydrogen (secondary N) is 8. The van der Waals surface area contributed by atoms with Gasteiger partial charge < -0.3 is 62.5 Å². The minimum atomic E-state index is -1.28. The molecule has 1 aliphatic heterocycles. The van der Waals surface area contributed by atoms with E-state index in [0.29, 0.717) is 50.9 Å². The minimum absolute atomic E-state index is 0.0651. The normalized spacial score (nSPS) is 17.6. The second-order valence-corrected chi connectivity index (χ2v) is 27.6. The van der Waals surface area contributed by atoms with Crippen LogP contribution in [-0.2, 0) is 75.2 Å². The lowest BCUT2D eigenvalue weighted by Crippen LogP contribution is -2.61. The first-order chi connectivity index (χ1) is 49.5. The Labute approximate surface area is 605 Å². The fourth-order valence-corrected chi connectivity index (χ4v) is 12.7. The Morgan fingerprint density at radius 2 is 0.952 bits per heavy atom. The van der Waals surface area contributed by atoms with Crippen molar-refractivity contribution < 1.29 is 98.7 Å². The lowest BCUT2D eigenvalue weighted by molar-refractivity contribution is -0.306. The van der Waals surface area contributed by atoms with Crippen molar-refractivity contribution >= 4 is 87.9 Å². The molecule has 5 rings (SSSR count). The molecule has 2 fully saturated rings. The number of carbonyl (C=O) groups is 13. The van der Waals surface area contributed by atoms with E-state index in [1.165, 1.54) is 0 Å². The lowest BCUT2D eigenvalue weighted by Gasteiger charge is -2.33. The predicted octanol–water partition coefficient (Wildman–Crippen LogP) is -0.124. The van der Waals surface area contributed by atoms with Crippen molar-refractivity contribution in [3.63, 3.8) is 0 Å². The fourth-order valence-electron chi connectivity index (χ4n) is 12.7. The maximum Gasteiger partial charge on any atom is 0.320 e. The van der Waals surface area contributed by atoms with Gasteiger partial charge in [-0.2, -0.15) is 0 Å². The Morgan fingerprint density at radius 3 is 1.45 bits per heavy atom. The third-order valence-corrected chi connectivity index (χ3v) is 18.7. The highest BCUT2D eigenvalue weighted by atomic mass is 16.4. The molecule has 0 bridgehead atoms. The number of carboxylic acids is 6. The van der Waals surface area contributed by atoms with E-state index in [-0.39, 0.29) is 155 Å². The zero-order valence-corrected chi connectivity index (χ0v) is 60.0. The van der Waals surface area contributed by atoms with E-state index in [2.05, 4.69) is 62.1 Å². The molecular formula is C72H108N13O19+. The summed E-state index contributed by atoms with van der Waals surface area (Å²) >= 11 is 0. The highest BCUT2D eigenvalue weighted by Crippen LogP contribution is 2.29. The van der Waals surface area contributed by atoms with E-state index in [0.717, 1.165) is 33.9 Å². The molecule has 0 radical (unpaired) electrons. The minimum Gasteiger partial charge on any atom is -0.481 e. The molecule has 1 saturated heterocycles. The molecule has 6 unspecified atom stereocenters. The Bertz CT molecular complexity index is 3320. The highest BCUT2D eigenvalue weighted by Gasteiger charge is 2.33. The molecule has 3 aromatic rings. The summed E-state index contributed by atoms with van der Waals surface area (Å²) in [5.74, 6) is -11.3. The lowest BCUT2D eigenvalue weighted by atomic mass is 9.81. The van der Waals surface area contributed by atoms with Gasteiger partial charge in [-0.15, -0.1) is 0 Å². The number of unbranched alkanes of at least 4 members (excludes halogenated alkanes) is 2. The van der Waals surface area contributed by atoms with E-state index in [1.54, 1.807) is 26.5 Å². The third kappa shape index (κ3) is 32.7. The van der Waals surface area contributed by atoms with E-state index in [4.69, 9.17) is 5.11 Å². The van der Waals surface area contributed by atoms with Crippen LogP contribution in [0, 0.1) is 17.8 Å². The average molecular weight is 1460 g/mol. The Balaban J connectivity index is 1.23. The van der Waals surface area contributed by atoms with Crippen LogP contribution in [0.15, 0.2) is 66.7 Å². The van der Waals surface area contributed by atoms with Gasteiger partial charge in [0.1, 0.15) is 30.2 Å². The monoisotopic (exact) mass is 1460 g/mol. The molecule has 1 heterocycles. The van der Waals surface area contributed by atoms with Gasteiger partial charge in [-0.3, -0.25) is 93.5 Å². The molecular weight excluding hydrogens is 1350 g/mol. The van der Waals surface area contributed by atoms with Gasteiger partial charge in [0.2, 0.25) is 35.4 Å². The molecule has 6 atom stereocenters. The van der Waals surface area contributed by atoms with Crippen LogP contribution >= 0.6 is 0 Å². The van der Waals surface area contributed by atoms with E-state index < -0.39 is 120 Å². The fraction of sp³-hybridized carbons (Fsp3) is 0.597. The maximum absolute atomic E-state index is 14.4. The number of quaternary nitrogens is 1. The van der Waals surface area contributed by atoms with Gasteiger partial charge >= 0.3 is 41.7 Å². The number of amides is 7. The van der Waals surface area contributed by atoms with Crippen LogP contribution in [0.25, 0.3) is 10.8 Å². The summed E-state index contributed by atoms with van der Waals surface area (Å²) in [6.07, 6.45) is 3.39. The Morgan fingerprint density at radius 1 is 0.471 bits per heavy atom. The van der Waals surface area contributed by atoms with Crippen molar-refractivity contribution in [3.8, 4) is 0 Å². The second kappa shape index (κ2) is 45.2. The first-order valence-electron chi connectivity index (χ1n) is 35.9. The summed E-state index contributed by atoms with van der Waals surface area (Å²) in [4.78, 5) is 173. The van der Waals surface area contributed by atoms with Crippen LogP contribution in [0.5, 0.6) is 0 Å². The molecule has 3 aromatic carbocycles. The van der Waals surface area contributed by atoms with Crippen LogP contribution in [0.3, 0.4) is 0 Å². The number of carboxylic acid groups (broad SMARTS) is 6. The molecule has 7 amide bonds. The number of rotatable bonds is 44. The second-order valence-electron chi connectivity index (χ2n) is 27.6. The van der Waals surface area contributed by atoms with Crippen LogP contribution in [0.1, 0.15) is 127 Å². The van der Waals surface area contributed by atoms with E-state index in [1.807, 2.05) is 66.7 Å². The van der Waals surface area contributed by atoms with Crippen molar-refractivity contribution in [2.24, 2.45) is 17.8 Å². The van der Waals surface area contributed by atoms with Crippen molar-refractivity contribution in [3.05, 3.63) is 83.4 Å². The van der Waals surface area contributed by atoms with Gasteiger partial charge in [0, 0.05) is 97.4 Å². The summed E-state index contributed by atoms with van der Waals surface area (Å²) in [7, 11) is 0. The molecule has 32 nitrogen and oxygen atoms in total. The van der Waals surface area contributed by atoms with Gasteiger partial charge in [-0.05, 0) is 123 Å². The zero-order chi connectivity index (χ0) is 76.3. The number of aliphatic carboxylic acids is 6. The molecule has 104 heavy (non-hydrogen) atoms. The molecule has 1 saturated carbocycles. The summed E-state index contributed by atoms with van der Waals surface area (Å²) in [5, 5.41) is 81.9. The van der Waals surface area contributed by atoms with Gasteiger partial charge in [0.25, 0.3) is 0 Å². The van der Waals surface area contributed by atoms with Crippen LogP contribution < -0.4 is 48.3 Å². The SMILES string of the molecule is CC(C)Cc1ccc(C(C)C(=O)NC(CC([NH3+])=O)C(=O)NCCCCC(NC(=O)CN2CCN(CC(=O)O)CCN(CC(=O)O)CCN(CC(=O)O)CC2)C(=O)NCC2CCC(C(=O)NC(Cc3ccc4ccccc4c3)C(=O)NCCCCC(NCNC(CCC(=O)O)C(=O)O)C(=O)O)CC2)cc1. The quantitative estimate of drug-likeness (QED) is 0.0259. The first-order valence-corrected chi connectivity index (χ1v) is 35.9. The Hall–Kier alpha value is -9.05. The summed E-state index contributed by atoms with van der Waals surface area (Å²) in [6.45, 7) is 5.93.